The average Bonchev–Trinajstić information content (AvgIpc) is 2.87. The van der Waals surface area contributed by atoms with Crippen LogP contribution < -0.4 is 10.6 Å². The molecule has 17 heavy (non-hydrogen) atoms. The molecule has 3 nitrogen and oxygen atoms in total. The number of anilines is 2. The fraction of sp³-hybridized carbons (Fsp3) is 0.357. The van der Waals surface area contributed by atoms with E-state index in [4.69, 9.17) is 10.7 Å². The number of nitrogen functional groups attached to an aromatic ring is 1. The van der Waals surface area contributed by atoms with Crippen molar-refractivity contribution in [3.8, 4) is 0 Å². The lowest BCUT2D eigenvalue weighted by Crippen LogP contribution is -2.21. The van der Waals surface area contributed by atoms with Crippen LogP contribution in [-0.2, 0) is 0 Å². The van der Waals surface area contributed by atoms with E-state index in [2.05, 4.69) is 24.0 Å². The molecule has 0 aliphatic carbocycles. The van der Waals surface area contributed by atoms with Crippen LogP contribution in [0.1, 0.15) is 18.4 Å². The van der Waals surface area contributed by atoms with Crippen molar-refractivity contribution < 1.29 is 0 Å². The van der Waals surface area contributed by atoms with Crippen LogP contribution in [0, 0.1) is 6.92 Å². The van der Waals surface area contributed by atoms with Crippen LogP contribution in [0.15, 0.2) is 24.3 Å². The van der Waals surface area contributed by atoms with Crippen LogP contribution in [0.2, 0.25) is 0 Å². The summed E-state index contributed by atoms with van der Waals surface area (Å²) in [6.07, 6.45) is 2.49. The summed E-state index contributed by atoms with van der Waals surface area (Å²) < 4.78 is 0. The van der Waals surface area contributed by atoms with Crippen LogP contribution in [0.5, 0.6) is 0 Å². The molecule has 88 valence electrons. The van der Waals surface area contributed by atoms with Crippen molar-refractivity contribution in [1.29, 1.82) is 0 Å². The Bertz CT molecular complexity index is 557. The second kappa shape index (κ2) is 3.91. The molecule has 0 amide bonds. The molecule has 0 unspecified atom stereocenters. The lowest BCUT2D eigenvalue weighted by molar-refractivity contribution is 0.945. The maximum atomic E-state index is 6.22. The van der Waals surface area contributed by atoms with Crippen LogP contribution in [0.4, 0.5) is 11.5 Å². The monoisotopic (exact) mass is 227 g/mol. The number of aromatic nitrogens is 1. The third-order valence-corrected chi connectivity index (χ3v) is 3.58. The van der Waals surface area contributed by atoms with Gasteiger partial charge in [-0.3, -0.25) is 0 Å². The van der Waals surface area contributed by atoms with Crippen molar-refractivity contribution in [2.75, 3.05) is 23.7 Å². The smallest absolute Gasteiger partial charge is 0.152 e. The van der Waals surface area contributed by atoms with Gasteiger partial charge in [0, 0.05) is 18.5 Å². The molecule has 0 radical (unpaired) electrons. The third kappa shape index (κ3) is 1.62. The second-order valence-electron chi connectivity index (χ2n) is 4.69. The number of nitrogens with zero attached hydrogens (tertiary/aromatic N) is 2. The number of rotatable bonds is 1. The number of nitrogens with two attached hydrogens (primary N) is 1. The van der Waals surface area contributed by atoms with Gasteiger partial charge in [0.15, 0.2) is 5.82 Å². The van der Waals surface area contributed by atoms with E-state index in [0.717, 1.165) is 41.1 Å². The van der Waals surface area contributed by atoms with Gasteiger partial charge in [-0.15, -0.1) is 0 Å². The normalized spacial score (nSPS) is 15.7. The van der Waals surface area contributed by atoms with Gasteiger partial charge < -0.3 is 10.6 Å². The summed E-state index contributed by atoms with van der Waals surface area (Å²) in [4.78, 5) is 7.02. The van der Waals surface area contributed by atoms with Gasteiger partial charge in [0.2, 0.25) is 0 Å². The number of aryl methyl sites for hydroxylation is 1. The third-order valence-electron chi connectivity index (χ3n) is 3.58. The van der Waals surface area contributed by atoms with Crippen molar-refractivity contribution in [3.63, 3.8) is 0 Å². The molecule has 3 heteroatoms. The Morgan fingerprint density at radius 3 is 2.65 bits per heavy atom. The van der Waals surface area contributed by atoms with Crippen molar-refractivity contribution in [1.82, 2.24) is 4.98 Å². The lowest BCUT2D eigenvalue weighted by Gasteiger charge is -2.20. The van der Waals surface area contributed by atoms with E-state index in [0.29, 0.717) is 0 Å². The molecule has 1 aliphatic heterocycles. The van der Waals surface area contributed by atoms with Crippen LogP contribution in [0.3, 0.4) is 0 Å². The molecule has 3 rings (SSSR count). The first-order valence-electron chi connectivity index (χ1n) is 6.17. The maximum absolute atomic E-state index is 6.22. The van der Waals surface area contributed by atoms with Crippen molar-refractivity contribution in [3.05, 3.63) is 29.8 Å². The molecule has 2 aromatic rings. The van der Waals surface area contributed by atoms with Gasteiger partial charge in [-0.1, -0.05) is 18.2 Å². The number of benzene rings is 1. The van der Waals surface area contributed by atoms with Gasteiger partial charge in [-0.25, -0.2) is 4.98 Å². The summed E-state index contributed by atoms with van der Waals surface area (Å²) in [5.74, 6) is 0.971. The van der Waals surface area contributed by atoms with Crippen LogP contribution in [-0.4, -0.2) is 18.1 Å². The minimum absolute atomic E-state index is 0.839. The Labute approximate surface area is 101 Å². The molecular formula is C14H17N3. The van der Waals surface area contributed by atoms with Crippen LogP contribution in [0.25, 0.3) is 10.9 Å². The number of pyridine rings is 1. The van der Waals surface area contributed by atoms with Gasteiger partial charge in [0.05, 0.1) is 11.2 Å². The standard InChI is InChI=1S/C14H17N3/c1-10-11-6-2-3-7-12(11)16-14(13(10)15)17-8-4-5-9-17/h2-3,6-7H,4-5,8-9,15H2,1H3. The molecule has 2 N–H and O–H groups in total. The first-order valence-corrected chi connectivity index (χ1v) is 6.17. The zero-order valence-electron chi connectivity index (χ0n) is 10.1. The Balaban J connectivity index is 2.21. The van der Waals surface area contributed by atoms with Crippen molar-refractivity contribution in [2.45, 2.75) is 19.8 Å². The SMILES string of the molecule is Cc1c(N)c(N2CCCC2)nc2ccccc12. The summed E-state index contributed by atoms with van der Waals surface area (Å²) in [6, 6.07) is 8.20. The molecule has 0 saturated carbocycles. The highest BCUT2D eigenvalue weighted by molar-refractivity contribution is 5.90. The molecule has 1 aromatic heterocycles. The van der Waals surface area contributed by atoms with E-state index < -0.39 is 0 Å². The lowest BCUT2D eigenvalue weighted by atomic mass is 10.1. The van der Waals surface area contributed by atoms with Gasteiger partial charge >= 0.3 is 0 Å². The Hall–Kier alpha value is -1.77. The second-order valence-corrected chi connectivity index (χ2v) is 4.69. The first kappa shape index (κ1) is 10.4. The van der Waals surface area contributed by atoms with Gasteiger partial charge in [0.25, 0.3) is 0 Å². The van der Waals surface area contributed by atoms with Crippen molar-refractivity contribution in [2.24, 2.45) is 0 Å². The predicted octanol–water partition coefficient (Wildman–Crippen LogP) is 2.73. The molecule has 1 fully saturated rings. The zero-order chi connectivity index (χ0) is 11.8. The zero-order valence-corrected chi connectivity index (χ0v) is 10.1. The van der Waals surface area contributed by atoms with E-state index in [1.54, 1.807) is 0 Å². The molecule has 0 bridgehead atoms. The van der Waals surface area contributed by atoms with Gasteiger partial charge in [0.1, 0.15) is 0 Å². The molecule has 1 aliphatic rings. The first-order chi connectivity index (χ1) is 8.27. The van der Waals surface area contributed by atoms with E-state index in [-0.39, 0.29) is 0 Å². The van der Waals surface area contributed by atoms with Crippen LogP contribution >= 0.6 is 0 Å². The topological polar surface area (TPSA) is 42.1 Å². The van der Waals surface area contributed by atoms with E-state index in [9.17, 15) is 0 Å². The highest BCUT2D eigenvalue weighted by Crippen LogP contribution is 2.31. The van der Waals surface area contributed by atoms with Crippen molar-refractivity contribution >= 4 is 22.4 Å². The predicted molar refractivity (Wildman–Crippen MR) is 72.3 cm³/mol. The van der Waals surface area contributed by atoms with Gasteiger partial charge in [-0.05, 0) is 31.4 Å². The summed E-state index contributed by atoms with van der Waals surface area (Å²) in [6.45, 7) is 4.24. The molecule has 2 heterocycles. The molecule has 1 saturated heterocycles. The minimum atomic E-state index is 0.839. The summed E-state index contributed by atoms with van der Waals surface area (Å²) in [5, 5.41) is 1.16. The molecule has 0 atom stereocenters. The molecule has 0 spiro atoms. The van der Waals surface area contributed by atoms with E-state index in [1.165, 1.54) is 12.8 Å². The minimum Gasteiger partial charge on any atom is -0.396 e. The van der Waals surface area contributed by atoms with E-state index >= 15 is 0 Å². The summed E-state index contributed by atoms with van der Waals surface area (Å²) in [5.41, 5.74) is 9.26. The number of hydrogen-bond acceptors (Lipinski definition) is 3. The summed E-state index contributed by atoms with van der Waals surface area (Å²) in [7, 11) is 0. The molecular weight excluding hydrogens is 210 g/mol. The van der Waals surface area contributed by atoms with Gasteiger partial charge in [-0.2, -0.15) is 0 Å². The molecule has 1 aromatic carbocycles. The quantitative estimate of drug-likeness (QED) is 0.814. The van der Waals surface area contributed by atoms with E-state index in [1.807, 2.05) is 12.1 Å². The Morgan fingerprint density at radius 1 is 1.18 bits per heavy atom. The Kier molecular flexibility index (Phi) is 2.39. The maximum Gasteiger partial charge on any atom is 0.152 e. The summed E-state index contributed by atoms with van der Waals surface area (Å²) >= 11 is 0. The highest BCUT2D eigenvalue weighted by atomic mass is 15.2. The number of fused-ring (bicyclic) bond motifs is 1. The fourth-order valence-electron chi connectivity index (χ4n) is 2.55. The highest BCUT2D eigenvalue weighted by Gasteiger charge is 2.18. The Morgan fingerprint density at radius 2 is 1.88 bits per heavy atom. The fourth-order valence-corrected chi connectivity index (χ4v) is 2.55. The largest absolute Gasteiger partial charge is 0.396 e. The number of para-hydroxylation sites is 1. The average molecular weight is 227 g/mol. The number of hydrogen-bond donors (Lipinski definition) is 1.